The third-order valence-corrected chi connectivity index (χ3v) is 5.01. The second kappa shape index (κ2) is 8.26. The summed E-state index contributed by atoms with van der Waals surface area (Å²) in [6, 6.07) is 12.0. The Morgan fingerprint density at radius 3 is 2.32 bits per heavy atom. The number of alkyl halides is 3. The summed E-state index contributed by atoms with van der Waals surface area (Å²) < 4.78 is 42.0. The first-order valence-corrected chi connectivity index (χ1v) is 9.51. The maximum atomic E-state index is 13.3. The Bertz CT molecular complexity index is 1140. The fraction of sp³-hybridized carbons (Fsp3) is 0.261. The molecule has 0 atom stereocenters. The van der Waals surface area contributed by atoms with Gasteiger partial charge in [-0.2, -0.15) is 18.4 Å². The molecule has 31 heavy (non-hydrogen) atoms. The number of carbonyl (C=O) groups excluding carboxylic acids is 1. The van der Waals surface area contributed by atoms with E-state index in [-0.39, 0.29) is 11.1 Å². The molecular formula is C23H21F3N4O. The number of aryl methyl sites for hydroxylation is 1. The monoisotopic (exact) mass is 426 g/mol. The number of nitrogens with zero attached hydrogens (tertiary/aromatic N) is 3. The number of rotatable bonds is 5. The van der Waals surface area contributed by atoms with Gasteiger partial charge in [-0.1, -0.05) is 12.1 Å². The molecule has 0 spiro atoms. The lowest BCUT2D eigenvalue weighted by atomic mass is 9.84. The molecule has 5 nitrogen and oxygen atoms in total. The molecule has 0 saturated carbocycles. The molecule has 0 aliphatic heterocycles. The summed E-state index contributed by atoms with van der Waals surface area (Å²) in [5.74, 6) is 0.192. The molecule has 0 fully saturated rings. The topological polar surface area (TPSA) is 70.7 Å². The van der Waals surface area contributed by atoms with Crippen LogP contribution in [0.5, 0.6) is 0 Å². The zero-order valence-corrected chi connectivity index (χ0v) is 17.3. The maximum absolute atomic E-state index is 13.3. The van der Waals surface area contributed by atoms with Gasteiger partial charge in [0.1, 0.15) is 5.82 Å². The first-order valence-electron chi connectivity index (χ1n) is 9.51. The molecular weight excluding hydrogens is 405 g/mol. The SMILES string of the molecule is Cc1nccn1Cc1ccc(NC(=O)c2cc(C(F)(F)F)cc(C(C)(C)C#N)c2)cc1. The highest BCUT2D eigenvalue weighted by Gasteiger charge is 2.34. The summed E-state index contributed by atoms with van der Waals surface area (Å²) >= 11 is 0. The van der Waals surface area contributed by atoms with Gasteiger partial charge in [0.25, 0.3) is 5.91 Å². The Morgan fingerprint density at radius 1 is 1.13 bits per heavy atom. The van der Waals surface area contributed by atoms with Crippen LogP contribution in [0.3, 0.4) is 0 Å². The van der Waals surface area contributed by atoms with Gasteiger partial charge in [0.05, 0.1) is 17.0 Å². The van der Waals surface area contributed by atoms with Crippen LogP contribution in [0.4, 0.5) is 18.9 Å². The smallest absolute Gasteiger partial charge is 0.331 e. The predicted octanol–water partition coefficient (Wildman–Crippen LogP) is 5.31. The van der Waals surface area contributed by atoms with Crippen molar-refractivity contribution in [3.8, 4) is 6.07 Å². The average Bonchev–Trinajstić information content (AvgIpc) is 3.12. The van der Waals surface area contributed by atoms with E-state index in [1.54, 1.807) is 18.3 Å². The summed E-state index contributed by atoms with van der Waals surface area (Å²) in [6.07, 6.45) is -1.07. The van der Waals surface area contributed by atoms with E-state index in [4.69, 9.17) is 0 Å². The van der Waals surface area contributed by atoms with Crippen LogP contribution in [0.2, 0.25) is 0 Å². The van der Waals surface area contributed by atoms with E-state index in [0.717, 1.165) is 23.5 Å². The van der Waals surface area contributed by atoms with E-state index in [0.29, 0.717) is 12.2 Å². The van der Waals surface area contributed by atoms with Gasteiger partial charge >= 0.3 is 6.18 Å². The molecule has 1 N–H and O–H groups in total. The summed E-state index contributed by atoms with van der Waals surface area (Å²) in [6.45, 7) is 5.52. The van der Waals surface area contributed by atoms with Gasteiger partial charge in [-0.3, -0.25) is 4.79 Å². The summed E-state index contributed by atoms with van der Waals surface area (Å²) in [5, 5.41) is 11.9. The minimum atomic E-state index is -4.64. The number of benzene rings is 2. The number of aromatic nitrogens is 2. The van der Waals surface area contributed by atoms with Gasteiger partial charge in [-0.25, -0.2) is 4.98 Å². The van der Waals surface area contributed by atoms with Crippen LogP contribution in [0, 0.1) is 18.3 Å². The molecule has 1 amide bonds. The molecule has 8 heteroatoms. The van der Waals surface area contributed by atoms with E-state index >= 15 is 0 Å². The fourth-order valence-electron chi connectivity index (χ4n) is 3.01. The lowest BCUT2D eigenvalue weighted by Crippen LogP contribution is -2.19. The fourth-order valence-corrected chi connectivity index (χ4v) is 3.01. The van der Waals surface area contributed by atoms with Crippen LogP contribution < -0.4 is 5.32 Å². The molecule has 1 heterocycles. The zero-order chi connectivity index (χ0) is 22.8. The van der Waals surface area contributed by atoms with E-state index in [9.17, 15) is 23.2 Å². The number of carbonyl (C=O) groups is 1. The standard InChI is InChI=1S/C23H21F3N4O/c1-15-28-8-9-30(15)13-16-4-6-20(7-5-16)29-21(31)17-10-18(22(2,3)14-27)12-19(11-17)23(24,25)26/h4-12H,13H2,1-3H3,(H,29,31). The Hall–Kier alpha value is -3.60. The second-order valence-electron chi connectivity index (χ2n) is 7.79. The average molecular weight is 426 g/mol. The zero-order valence-electron chi connectivity index (χ0n) is 17.3. The van der Waals surface area contributed by atoms with Crippen molar-refractivity contribution in [2.75, 3.05) is 5.32 Å². The van der Waals surface area contributed by atoms with Gasteiger partial charge in [0, 0.05) is 30.2 Å². The summed E-state index contributed by atoms with van der Waals surface area (Å²) in [7, 11) is 0. The number of anilines is 1. The molecule has 0 aliphatic carbocycles. The van der Waals surface area contributed by atoms with Crippen LogP contribution in [-0.2, 0) is 18.1 Å². The number of hydrogen-bond donors (Lipinski definition) is 1. The van der Waals surface area contributed by atoms with Crippen molar-refractivity contribution in [3.05, 3.63) is 82.9 Å². The van der Waals surface area contributed by atoms with Crippen molar-refractivity contribution in [2.45, 2.75) is 38.9 Å². The lowest BCUT2D eigenvalue weighted by Gasteiger charge is -2.19. The maximum Gasteiger partial charge on any atom is 0.416 e. The summed E-state index contributed by atoms with van der Waals surface area (Å²) in [4.78, 5) is 16.8. The van der Waals surface area contributed by atoms with Gasteiger partial charge in [-0.05, 0) is 62.2 Å². The summed E-state index contributed by atoms with van der Waals surface area (Å²) in [5.41, 5.74) is -0.744. The number of nitriles is 1. The van der Waals surface area contributed by atoms with E-state index in [2.05, 4.69) is 10.3 Å². The number of halogens is 3. The first-order chi connectivity index (χ1) is 14.5. The number of amides is 1. The van der Waals surface area contributed by atoms with Crippen molar-refractivity contribution in [1.82, 2.24) is 9.55 Å². The highest BCUT2D eigenvalue weighted by Crippen LogP contribution is 2.34. The Balaban J connectivity index is 1.83. The van der Waals surface area contributed by atoms with E-state index in [1.165, 1.54) is 19.9 Å². The molecule has 0 unspecified atom stereocenters. The highest BCUT2D eigenvalue weighted by molar-refractivity contribution is 6.04. The minimum Gasteiger partial charge on any atom is -0.331 e. The molecule has 2 aromatic carbocycles. The molecule has 0 saturated heterocycles. The van der Waals surface area contributed by atoms with Crippen molar-refractivity contribution in [3.63, 3.8) is 0 Å². The largest absolute Gasteiger partial charge is 0.416 e. The Kier molecular flexibility index (Phi) is 5.89. The van der Waals surface area contributed by atoms with Gasteiger partial charge in [0.2, 0.25) is 0 Å². The molecule has 0 radical (unpaired) electrons. The third kappa shape index (κ3) is 5.12. The van der Waals surface area contributed by atoms with Crippen molar-refractivity contribution in [1.29, 1.82) is 5.26 Å². The van der Waals surface area contributed by atoms with E-state index < -0.39 is 23.1 Å². The van der Waals surface area contributed by atoms with Crippen LogP contribution in [0.25, 0.3) is 0 Å². The predicted molar refractivity (Wildman–Crippen MR) is 111 cm³/mol. The van der Waals surface area contributed by atoms with Crippen LogP contribution in [0.15, 0.2) is 54.9 Å². The van der Waals surface area contributed by atoms with Crippen LogP contribution in [0.1, 0.15) is 46.7 Å². The van der Waals surface area contributed by atoms with Gasteiger partial charge in [0.15, 0.2) is 0 Å². The first kappa shape index (κ1) is 22.1. The number of hydrogen-bond acceptors (Lipinski definition) is 3. The van der Waals surface area contributed by atoms with Gasteiger partial charge in [-0.15, -0.1) is 0 Å². The number of nitrogens with one attached hydrogen (secondary N) is 1. The quantitative estimate of drug-likeness (QED) is 0.601. The number of imidazole rings is 1. The van der Waals surface area contributed by atoms with Crippen LogP contribution >= 0.6 is 0 Å². The van der Waals surface area contributed by atoms with Crippen molar-refractivity contribution >= 4 is 11.6 Å². The van der Waals surface area contributed by atoms with Crippen molar-refractivity contribution < 1.29 is 18.0 Å². The van der Waals surface area contributed by atoms with Crippen molar-refractivity contribution in [2.24, 2.45) is 0 Å². The lowest BCUT2D eigenvalue weighted by molar-refractivity contribution is -0.137. The molecule has 160 valence electrons. The highest BCUT2D eigenvalue weighted by atomic mass is 19.4. The molecule has 0 aliphatic rings. The molecule has 3 rings (SSSR count). The minimum absolute atomic E-state index is 0.126. The molecule has 1 aromatic heterocycles. The van der Waals surface area contributed by atoms with Crippen LogP contribution in [-0.4, -0.2) is 15.5 Å². The van der Waals surface area contributed by atoms with Gasteiger partial charge < -0.3 is 9.88 Å². The normalized spacial score (nSPS) is 11.8. The molecule has 0 bridgehead atoms. The second-order valence-corrected chi connectivity index (χ2v) is 7.79. The third-order valence-electron chi connectivity index (χ3n) is 5.01. The van der Waals surface area contributed by atoms with E-state index in [1.807, 2.05) is 35.9 Å². The molecule has 3 aromatic rings. The Morgan fingerprint density at radius 2 is 1.77 bits per heavy atom. The Labute approximate surface area is 178 Å².